The van der Waals surface area contributed by atoms with Crippen molar-refractivity contribution in [2.24, 2.45) is 10.9 Å². The van der Waals surface area contributed by atoms with Gasteiger partial charge in [-0.05, 0) is 62.0 Å². The molecule has 0 radical (unpaired) electrons. The van der Waals surface area contributed by atoms with Gasteiger partial charge < -0.3 is 15.2 Å². The number of ether oxygens (including phenoxy) is 1. The normalized spacial score (nSPS) is 18.1. The molecule has 0 amide bonds. The van der Waals surface area contributed by atoms with E-state index in [0.717, 1.165) is 47.2 Å². The molecule has 0 spiro atoms. The Labute approximate surface area is 212 Å². The number of nitrogens with one attached hydrogen (secondary N) is 1. The highest BCUT2D eigenvalue weighted by Gasteiger charge is 2.19. The first-order valence-corrected chi connectivity index (χ1v) is 12.8. The molecule has 1 heterocycles. The highest BCUT2D eigenvalue weighted by Crippen LogP contribution is 2.24. The molecule has 2 atom stereocenters. The standard InChI is InChI=1S/C21H27FN2OS.C6H6.CH2O2/c1-3-16-5-8-19(9-6-16)25-13-21-24-18(14-26-21)10-11-23-20-12-17(22)7-4-15(20)2;1-2-4-6-5-3-1;2-1-3/h4-5,7-9,12,16,18,23H,3,6,10-11,13-14H2,1-2H3;1-6H;1H,(H,2,3). The molecule has 0 fully saturated rings. The summed E-state index contributed by atoms with van der Waals surface area (Å²) in [6, 6.07) is 17.1. The third kappa shape index (κ3) is 11.3. The molecule has 0 bridgehead atoms. The van der Waals surface area contributed by atoms with Gasteiger partial charge in [-0.2, -0.15) is 0 Å². The van der Waals surface area contributed by atoms with E-state index in [1.54, 1.807) is 23.9 Å². The van der Waals surface area contributed by atoms with Crippen molar-refractivity contribution in [1.82, 2.24) is 0 Å². The fraction of sp³-hybridized carbons (Fsp3) is 0.357. The van der Waals surface area contributed by atoms with Crippen LogP contribution in [0.4, 0.5) is 10.1 Å². The molecule has 0 saturated carbocycles. The lowest BCUT2D eigenvalue weighted by molar-refractivity contribution is -0.122. The van der Waals surface area contributed by atoms with Gasteiger partial charge >= 0.3 is 0 Å². The molecule has 5 nitrogen and oxygen atoms in total. The number of carboxylic acid groups (broad SMARTS) is 1. The van der Waals surface area contributed by atoms with Crippen LogP contribution in [0, 0.1) is 18.7 Å². The van der Waals surface area contributed by atoms with Crippen LogP contribution in [0.5, 0.6) is 0 Å². The molecule has 0 saturated heterocycles. The molecule has 2 aromatic carbocycles. The number of rotatable bonds is 8. The number of aliphatic imine (C=N–C) groups is 1. The molecule has 4 rings (SSSR count). The molecule has 2 N–H and O–H groups in total. The zero-order valence-corrected chi connectivity index (χ0v) is 21.2. The molecule has 1 aliphatic carbocycles. The number of aryl methyl sites for hydroxylation is 1. The van der Waals surface area contributed by atoms with Gasteiger partial charge in [0.1, 0.15) is 23.2 Å². The Kier molecular flexibility index (Phi) is 13.3. The van der Waals surface area contributed by atoms with Gasteiger partial charge in [0.05, 0.1) is 6.04 Å². The number of halogens is 1. The molecule has 35 heavy (non-hydrogen) atoms. The van der Waals surface area contributed by atoms with Gasteiger partial charge in [0, 0.05) is 18.0 Å². The number of benzene rings is 2. The number of allylic oxidation sites excluding steroid dienone is 3. The van der Waals surface area contributed by atoms with E-state index in [1.165, 1.54) is 12.5 Å². The highest BCUT2D eigenvalue weighted by molar-refractivity contribution is 8.14. The van der Waals surface area contributed by atoms with Gasteiger partial charge in [0.25, 0.3) is 6.47 Å². The number of thioether (sulfide) groups is 1. The molecule has 7 heteroatoms. The molecule has 2 aromatic rings. The van der Waals surface area contributed by atoms with E-state index in [4.69, 9.17) is 19.6 Å². The van der Waals surface area contributed by atoms with Gasteiger partial charge in [-0.25, -0.2) is 4.39 Å². The van der Waals surface area contributed by atoms with E-state index in [0.29, 0.717) is 18.6 Å². The average Bonchev–Trinajstić information content (AvgIpc) is 3.35. The summed E-state index contributed by atoms with van der Waals surface area (Å²) >= 11 is 1.78. The smallest absolute Gasteiger partial charge is 0.290 e. The Balaban J connectivity index is 0.000000406. The van der Waals surface area contributed by atoms with Crippen molar-refractivity contribution >= 4 is 29.0 Å². The van der Waals surface area contributed by atoms with Gasteiger partial charge in [-0.15, -0.1) is 11.8 Å². The molecular formula is C28H35FN2O3S. The summed E-state index contributed by atoms with van der Waals surface area (Å²) < 4.78 is 19.2. The largest absolute Gasteiger partial charge is 0.487 e. The number of nitrogens with zero attached hydrogens (tertiary/aromatic N) is 1. The predicted molar refractivity (Wildman–Crippen MR) is 145 cm³/mol. The SMILES string of the molecule is CCC1C=CC(OCC2=NC(CCNc3cc(F)ccc3C)CS2)=CC1.O=CO.c1ccccc1. The lowest BCUT2D eigenvalue weighted by atomic mass is 9.98. The van der Waals surface area contributed by atoms with Crippen LogP contribution in [0.2, 0.25) is 0 Å². The zero-order chi connectivity index (χ0) is 25.3. The maximum Gasteiger partial charge on any atom is 0.290 e. The summed E-state index contributed by atoms with van der Waals surface area (Å²) in [6.07, 6.45) is 9.68. The summed E-state index contributed by atoms with van der Waals surface area (Å²) in [7, 11) is 0. The van der Waals surface area contributed by atoms with Crippen LogP contribution < -0.4 is 5.32 Å². The molecule has 2 aliphatic rings. The first-order valence-electron chi connectivity index (χ1n) is 11.8. The van der Waals surface area contributed by atoms with Crippen molar-refractivity contribution in [1.29, 1.82) is 0 Å². The Hall–Kier alpha value is -3.06. The summed E-state index contributed by atoms with van der Waals surface area (Å²) in [5.74, 6) is 2.40. The molecular weight excluding hydrogens is 463 g/mol. The second kappa shape index (κ2) is 16.5. The van der Waals surface area contributed by atoms with Crippen LogP contribution in [0.25, 0.3) is 0 Å². The van der Waals surface area contributed by atoms with Crippen molar-refractivity contribution in [2.45, 2.75) is 39.2 Å². The minimum atomic E-state index is -0.250. The van der Waals surface area contributed by atoms with E-state index in [-0.39, 0.29) is 12.3 Å². The van der Waals surface area contributed by atoms with Crippen molar-refractivity contribution in [3.8, 4) is 0 Å². The van der Waals surface area contributed by atoms with E-state index >= 15 is 0 Å². The van der Waals surface area contributed by atoms with Crippen LogP contribution in [0.1, 0.15) is 31.7 Å². The van der Waals surface area contributed by atoms with Crippen LogP contribution in [0.15, 0.2) is 83.6 Å². The van der Waals surface area contributed by atoms with Gasteiger partial charge in [-0.3, -0.25) is 9.79 Å². The van der Waals surface area contributed by atoms with Crippen LogP contribution in [0.3, 0.4) is 0 Å². The van der Waals surface area contributed by atoms with Gasteiger partial charge in [-0.1, -0.05) is 55.5 Å². The van der Waals surface area contributed by atoms with E-state index in [9.17, 15) is 4.39 Å². The second-order valence-electron chi connectivity index (χ2n) is 8.08. The number of anilines is 1. The minimum absolute atomic E-state index is 0.205. The van der Waals surface area contributed by atoms with E-state index < -0.39 is 0 Å². The highest BCUT2D eigenvalue weighted by atomic mass is 32.2. The third-order valence-corrected chi connectivity index (χ3v) is 6.58. The van der Waals surface area contributed by atoms with E-state index in [2.05, 4.69) is 30.5 Å². The third-order valence-electron chi connectivity index (χ3n) is 5.47. The second-order valence-corrected chi connectivity index (χ2v) is 9.17. The fourth-order valence-electron chi connectivity index (χ4n) is 3.44. The maximum atomic E-state index is 13.3. The van der Waals surface area contributed by atoms with Crippen molar-refractivity contribution in [2.75, 3.05) is 24.2 Å². The predicted octanol–water partition coefficient (Wildman–Crippen LogP) is 6.72. The summed E-state index contributed by atoms with van der Waals surface area (Å²) in [4.78, 5) is 13.1. The topological polar surface area (TPSA) is 70.9 Å². The van der Waals surface area contributed by atoms with Crippen LogP contribution in [-0.2, 0) is 9.53 Å². The molecule has 188 valence electrons. The quantitative estimate of drug-likeness (QED) is 0.395. The molecule has 2 unspecified atom stereocenters. The van der Waals surface area contributed by atoms with E-state index in [1.807, 2.05) is 43.3 Å². The van der Waals surface area contributed by atoms with Crippen LogP contribution >= 0.6 is 11.8 Å². The first kappa shape index (κ1) is 28.2. The maximum absolute atomic E-state index is 13.3. The Morgan fingerprint density at radius 1 is 1.23 bits per heavy atom. The van der Waals surface area contributed by atoms with Crippen molar-refractivity contribution in [3.63, 3.8) is 0 Å². The minimum Gasteiger partial charge on any atom is -0.487 e. The van der Waals surface area contributed by atoms with Crippen molar-refractivity contribution in [3.05, 3.63) is 90.0 Å². The fourth-order valence-corrected chi connectivity index (χ4v) is 4.43. The zero-order valence-electron chi connectivity index (χ0n) is 20.4. The van der Waals surface area contributed by atoms with Crippen molar-refractivity contribution < 1.29 is 19.0 Å². The average molecular weight is 499 g/mol. The van der Waals surface area contributed by atoms with Gasteiger partial charge in [0.15, 0.2) is 0 Å². The lowest BCUT2D eigenvalue weighted by Gasteiger charge is -2.14. The Morgan fingerprint density at radius 2 is 1.91 bits per heavy atom. The summed E-state index contributed by atoms with van der Waals surface area (Å²) in [5, 5.41) is 11.3. The molecule has 1 aliphatic heterocycles. The number of hydrogen-bond donors (Lipinski definition) is 2. The first-order chi connectivity index (χ1) is 17.0. The van der Waals surface area contributed by atoms with Gasteiger partial charge in [0.2, 0.25) is 0 Å². The monoisotopic (exact) mass is 498 g/mol. The summed E-state index contributed by atoms with van der Waals surface area (Å²) in [5.41, 5.74) is 1.92. The Bertz CT molecular complexity index is 953. The lowest BCUT2D eigenvalue weighted by Crippen LogP contribution is -2.12. The van der Waals surface area contributed by atoms with Crippen LogP contribution in [-0.4, -0.2) is 41.6 Å². The Morgan fingerprint density at radius 3 is 2.51 bits per heavy atom. The number of carbonyl (C=O) groups is 1. The molecule has 0 aromatic heterocycles. The number of hydrogen-bond acceptors (Lipinski definition) is 5. The summed E-state index contributed by atoms with van der Waals surface area (Å²) in [6.45, 7) is 5.30.